The Morgan fingerprint density at radius 2 is 2.07 bits per heavy atom. The Labute approximate surface area is 164 Å². The minimum atomic E-state index is -0.940. The molecule has 1 N–H and O–H groups in total. The van der Waals surface area contributed by atoms with Gasteiger partial charge in [0.25, 0.3) is 5.91 Å². The monoisotopic (exact) mass is 392 g/mol. The van der Waals surface area contributed by atoms with Gasteiger partial charge in [-0.2, -0.15) is 4.39 Å². The molecule has 3 rings (SSSR count). The zero-order valence-electron chi connectivity index (χ0n) is 16.4. The van der Waals surface area contributed by atoms with Gasteiger partial charge < -0.3 is 14.8 Å². The Balaban J connectivity index is 0.000000237. The summed E-state index contributed by atoms with van der Waals surface area (Å²) in [6.07, 6.45) is 5.38. The van der Waals surface area contributed by atoms with E-state index < -0.39 is 11.6 Å². The number of rotatable bonds is 5. The Morgan fingerprint density at radius 3 is 2.61 bits per heavy atom. The first-order valence-corrected chi connectivity index (χ1v) is 9.33. The largest absolute Gasteiger partial charge is 0.494 e. The van der Waals surface area contributed by atoms with Gasteiger partial charge in [-0.25, -0.2) is 4.39 Å². The molecular weight excluding hydrogens is 366 g/mol. The summed E-state index contributed by atoms with van der Waals surface area (Å²) in [7, 11) is 1.29. The molecule has 1 aliphatic heterocycles. The summed E-state index contributed by atoms with van der Waals surface area (Å²) < 4.78 is 34.8. The van der Waals surface area contributed by atoms with Crippen LogP contribution in [0.4, 0.5) is 14.5 Å². The van der Waals surface area contributed by atoms with Crippen molar-refractivity contribution >= 4 is 11.6 Å². The normalized spacial score (nSPS) is 18.2. The number of anilines is 1. The molecule has 2 heterocycles. The molecule has 0 saturated carbocycles. The van der Waals surface area contributed by atoms with E-state index in [1.807, 2.05) is 19.1 Å². The fourth-order valence-electron chi connectivity index (χ4n) is 2.76. The number of nitrogens with zero attached hydrogens (tertiary/aromatic N) is 1. The van der Waals surface area contributed by atoms with Gasteiger partial charge in [-0.3, -0.25) is 9.78 Å². The van der Waals surface area contributed by atoms with Gasteiger partial charge >= 0.3 is 0 Å². The maximum Gasteiger partial charge on any atom is 0.253 e. The highest BCUT2D eigenvalue weighted by Gasteiger charge is 2.28. The van der Waals surface area contributed by atoms with Crippen molar-refractivity contribution < 1.29 is 23.0 Å². The predicted octanol–water partition coefficient (Wildman–Crippen LogP) is 4.51. The van der Waals surface area contributed by atoms with Gasteiger partial charge in [0.1, 0.15) is 6.10 Å². The molecule has 0 radical (unpaired) electrons. The number of methoxy groups -OCH3 is 1. The van der Waals surface area contributed by atoms with Crippen LogP contribution in [0.1, 0.15) is 38.8 Å². The van der Waals surface area contributed by atoms with E-state index in [4.69, 9.17) is 4.74 Å². The molecule has 2 unspecified atom stereocenters. The molecule has 28 heavy (non-hydrogen) atoms. The van der Waals surface area contributed by atoms with Crippen LogP contribution in [0.25, 0.3) is 0 Å². The van der Waals surface area contributed by atoms with E-state index >= 15 is 0 Å². The van der Waals surface area contributed by atoms with Gasteiger partial charge in [0.05, 0.1) is 25.1 Å². The number of pyridine rings is 1. The van der Waals surface area contributed by atoms with E-state index in [1.165, 1.54) is 19.2 Å². The molecule has 0 bridgehead atoms. The molecule has 152 valence electrons. The van der Waals surface area contributed by atoms with Gasteiger partial charge in [0.15, 0.2) is 11.6 Å². The summed E-state index contributed by atoms with van der Waals surface area (Å²) in [5, 5.41) is 2.85. The minimum Gasteiger partial charge on any atom is -0.494 e. The lowest BCUT2D eigenvalue weighted by atomic mass is 10.2. The summed E-state index contributed by atoms with van der Waals surface area (Å²) >= 11 is 0. The van der Waals surface area contributed by atoms with Crippen LogP contribution >= 0.6 is 0 Å². The number of carbonyl (C=O) groups excluding carboxylic acids is 1. The number of aryl methyl sites for hydroxylation is 1. The quantitative estimate of drug-likeness (QED) is 0.813. The van der Waals surface area contributed by atoms with Crippen LogP contribution in [0.3, 0.4) is 0 Å². The molecular formula is C21H26F2N2O3. The van der Waals surface area contributed by atoms with Crippen molar-refractivity contribution in [3.8, 4) is 5.75 Å². The van der Waals surface area contributed by atoms with Crippen LogP contribution in [-0.4, -0.2) is 30.2 Å². The maximum absolute atomic E-state index is 12.5. The van der Waals surface area contributed by atoms with Crippen molar-refractivity contribution in [2.24, 2.45) is 0 Å². The van der Waals surface area contributed by atoms with Crippen molar-refractivity contribution in [3.63, 3.8) is 0 Å². The van der Waals surface area contributed by atoms with E-state index in [-0.39, 0.29) is 23.9 Å². The maximum atomic E-state index is 12.5. The number of nitrogens with one attached hydrogen (secondary N) is 1. The molecule has 0 spiro atoms. The summed E-state index contributed by atoms with van der Waals surface area (Å²) in [6.45, 7) is 4.12. The highest BCUT2D eigenvalue weighted by Crippen LogP contribution is 2.20. The molecule has 1 aromatic heterocycles. The lowest BCUT2D eigenvalue weighted by molar-refractivity contribution is -0.126. The number of carbonyl (C=O) groups is 1. The zero-order valence-corrected chi connectivity index (χ0v) is 16.4. The van der Waals surface area contributed by atoms with Crippen LogP contribution in [0.15, 0.2) is 36.5 Å². The average Bonchev–Trinajstić information content (AvgIpc) is 3.13. The molecule has 2 aromatic rings. The lowest BCUT2D eigenvalue weighted by Gasteiger charge is -2.11. The van der Waals surface area contributed by atoms with Crippen molar-refractivity contribution in [2.75, 3.05) is 12.4 Å². The summed E-state index contributed by atoms with van der Waals surface area (Å²) in [5.74, 6) is -1.96. The van der Waals surface area contributed by atoms with Gasteiger partial charge in [0, 0.05) is 5.69 Å². The highest BCUT2D eigenvalue weighted by atomic mass is 19.2. The zero-order chi connectivity index (χ0) is 20.5. The van der Waals surface area contributed by atoms with Crippen LogP contribution in [0, 0.1) is 11.6 Å². The Morgan fingerprint density at radius 1 is 1.29 bits per heavy atom. The molecule has 1 fully saturated rings. The first kappa shape index (κ1) is 21.8. The number of amides is 1. The Hall–Kier alpha value is -2.54. The van der Waals surface area contributed by atoms with Crippen molar-refractivity contribution in [3.05, 3.63) is 53.9 Å². The molecule has 1 amide bonds. The second kappa shape index (κ2) is 10.7. The minimum absolute atomic E-state index is 0.0654. The van der Waals surface area contributed by atoms with E-state index in [0.717, 1.165) is 43.1 Å². The fraction of sp³-hybridized carbons (Fsp3) is 0.429. The topological polar surface area (TPSA) is 60.5 Å². The molecule has 5 nitrogen and oxygen atoms in total. The van der Waals surface area contributed by atoms with Gasteiger partial charge in [-0.1, -0.05) is 19.4 Å². The SMILES string of the molecule is CCCc1ccc(NC(=O)C2CCC(C)O2)cn1.COc1cccc(F)c1F. The molecule has 7 heteroatoms. The molecule has 1 aliphatic rings. The molecule has 1 saturated heterocycles. The second-order valence-corrected chi connectivity index (χ2v) is 6.55. The smallest absolute Gasteiger partial charge is 0.253 e. The Bertz CT molecular complexity index is 769. The number of benzene rings is 1. The van der Waals surface area contributed by atoms with Crippen molar-refractivity contribution in [1.82, 2.24) is 4.98 Å². The number of hydrogen-bond acceptors (Lipinski definition) is 4. The molecule has 0 aliphatic carbocycles. The summed E-state index contributed by atoms with van der Waals surface area (Å²) in [5.41, 5.74) is 1.80. The van der Waals surface area contributed by atoms with E-state index in [2.05, 4.69) is 22.0 Å². The third-order valence-corrected chi connectivity index (χ3v) is 4.26. The summed E-state index contributed by atoms with van der Waals surface area (Å²) in [4.78, 5) is 16.2. The first-order valence-electron chi connectivity index (χ1n) is 9.33. The third kappa shape index (κ3) is 6.27. The van der Waals surface area contributed by atoms with Crippen LogP contribution < -0.4 is 10.1 Å². The van der Waals surface area contributed by atoms with Gasteiger partial charge in [-0.15, -0.1) is 0 Å². The Kier molecular flexibility index (Phi) is 8.32. The standard InChI is InChI=1S/C14H20N2O2.C7H6F2O/c1-3-4-11-6-7-12(9-15-11)16-14(17)13-8-5-10(2)18-13;1-10-6-4-2-3-5(8)7(6)9/h6-7,9-10,13H,3-5,8H2,1-2H3,(H,16,17);2-4H,1H3. The number of halogens is 2. The fourth-order valence-corrected chi connectivity index (χ4v) is 2.76. The number of hydrogen-bond donors (Lipinski definition) is 1. The third-order valence-electron chi connectivity index (χ3n) is 4.26. The van der Waals surface area contributed by atoms with E-state index in [0.29, 0.717) is 0 Å². The van der Waals surface area contributed by atoms with Crippen molar-refractivity contribution in [1.29, 1.82) is 0 Å². The van der Waals surface area contributed by atoms with Crippen LogP contribution in [-0.2, 0) is 16.0 Å². The van der Waals surface area contributed by atoms with Crippen molar-refractivity contribution in [2.45, 2.75) is 51.7 Å². The van der Waals surface area contributed by atoms with Gasteiger partial charge in [-0.05, 0) is 50.5 Å². The van der Waals surface area contributed by atoms with E-state index in [1.54, 1.807) is 6.20 Å². The van der Waals surface area contributed by atoms with Crippen LogP contribution in [0.5, 0.6) is 5.75 Å². The average molecular weight is 392 g/mol. The van der Waals surface area contributed by atoms with E-state index in [9.17, 15) is 13.6 Å². The molecule has 2 atom stereocenters. The number of ether oxygens (including phenoxy) is 2. The number of aromatic nitrogens is 1. The lowest BCUT2D eigenvalue weighted by Crippen LogP contribution is -2.27. The first-order chi connectivity index (χ1) is 13.4. The van der Waals surface area contributed by atoms with Gasteiger partial charge in [0.2, 0.25) is 5.82 Å². The van der Waals surface area contributed by atoms with Crippen LogP contribution in [0.2, 0.25) is 0 Å². The predicted molar refractivity (Wildman–Crippen MR) is 103 cm³/mol. The highest BCUT2D eigenvalue weighted by molar-refractivity contribution is 5.94. The second-order valence-electron chi connectivity index (χ2n) is 6.55. The summed E-state index contributed by atoms with van der Waals surface area (Å²) in [6, 6.07) is 7.64. The molecule has 1 aromatic carbocycles.